The van der Waals surface area contributed by atoms with Crippen molar-refractivity contribution in [3.63, 3.8) is 0 Å². The number of nitrogens with one attached hydrogen (secondary N) is 1. The van der Waals surface area contributed by atoms with Crippen LogP contribution in [0, 0.1) is 16.0 Å². The second-order valence-corrected chi connectivity index (χ2v) is 8.57. The first-order chi connectivity index (χ1) is 15.7. The molecule has 0 radical (unpaired) electrons. The molecule has 1 unspecified atom stereocenters. The van der Waals surface area contributed by atoms with Crippen LogP contribution in [-0.2, 0) is 16.1 Å². The number of nitro groups is 1. The van der Waals surface area contributed by atoms with Crippen LogP contribution in [0.15, 0.2) is 42.5 Å². The van der Waals surface area contributed by atoms with E-state index < -0.39 is 16.9 Å². The number of halogens is 1. The van der Waals surface area contributed by atoms with Gasteiger partial charge in [-0.3, -0.25) is 14.9 Å². The summed E-state index contributed by atoms with van der Waals surface area (Å²) in [4.78, 5) is 38.4. The van der Waals surface area contributed by atoms with Gasteiger partial charge in [-0.25, -0.2) is 4.79 Å². The minimum Gasteiger partial charge on any atom is -0.465 e. The third kappa shape index (κ3) is 7.18. The van der Waals surface area contributed by atoms with Gasteiger partial charge in [0.25, 0.3) is 5.69 Å². The minimum atomic E-state index is -0.695. The molecule has 1 N–H and O–H groups in total. The molecule has 9 heteroatoms. The van der Waals surface area contributed by atoms with E-state index in [1.54, 1.807) is 12.1 Å². The maximum atomic E-state index is 13.3. The van der Waals surface area contributed by atoms with Crippen molar-refractivity contribution in [2.45, 2.75) is 46.2 Å². The van der Waals surface area contributed by atoms with E-state index in [4.69, 9.17) is 16.3 Å². The van der Waals surface area contributed by atoms with Crippen LogP contribution in [-0.4, -0.2) is 36.5 Å². The highest BCUT2D eigenvalue weighted by molar-refractivity contribution is 6.30. The third-order valence-electron chi connectivity index (χ3n) is 5.12. The summed E-state index contributed by atoms with van der Waals surface area (Å²) in [6, 6.07) is 10.7. The molecule has 0 fully saturated rings. The monoisotopic (exact) mass is 475 g/mol. The minimum absolute atomic E-state index is 0.0550. The Bertz CT molecular complexity index is 979. The SMILES string of the molecule is CCCN(c1ccc([N+](=O)[O-])cc1C(=O)OC)C(CC(C)C)C(=O)NCc1ccc(Cl)cc1. The Labute approximate surface area is 199 Å². The quantitative estimate of drug-likeness (QED) is 0.279. The lowest BCUT2D eigenvalue weighted by Gasteiger charge is -2.34. The maximum Gasteiger partial charge on any atom is 0.340 e. The molecule has 0 saturated carbocycles. The second kappa shape index (κ2) is 12.2. The number of ether oxygens (including phenoxy) is 1. The number of amides is 1. The van der Waals surface area contributed by atoms with E-state index in [0.29, 0.717) is 36.6 Å². The molecule has 8 nitrogen and oxygen atoms in total. The van der Waals surface area contributed by atoms with Gasteiger partial charge in [-0.2, -0.15) is 0 Å². The largest absolute Gasteiger partial charge is 0.465 e. The van der Waals surface area contributed by atoms with E-state index in [-0.39, 0.29) is 23.1 Å². The number of carbonyl (C=O) groups excluding carboxylic acids is 2. The summed E-state index contributed by atoms with van der Waals surface area (Å²) in [6.07, 6.45) is 1.24. The Morgan fingerprint density at radius 3 is 2.39 bits per heavy atom. The highest BCUT2D eigenvalue weighted by Crippen LogP contribution is 2.30. The van der Waals surface area contributed by atoms with E-state index in [9.17, 15) is 19.7 Å². The van der Waals surface area contributed by atoms with Gasteiger partial charge in [0, 0.05) is 30.2 Å². The zero-order chi connectivity index (χ0) is 24.5. The molecule has 0 aromatic heterocycles. The van der Waals surface area contributed by atoms with Crippen LogP contribution >= 0.6 is 11.6 Å². The van der Waals surface area contributed by atoms with Gasteiger partial charge in [0.1, 0.15) is 6.04 Å². The summed E-state index contributed by atoms with van der Waals surface area (Å²) in [5, 5.41) is 14.9. The normalized spacial score (nSPS) is 11.7. The van der Waals surface area contributed by atoms with Crippen molar-refractivity contribution in [1.82, 2.24) is 5.32 Å². The molecule has 0 aliphatic carbocycles. The number of benzene rings is 2. The maximum absolute atomic E-state index is 13.3. The van der Waals surface area contributed by atoms with Gasteiger partial charge in [0.2, 0.25) is 5.91 Å². The van der Waals surface area contributed by atoms with Crippen LogP contribution in [0.5, 0.6) is 0 Å². The first kappa shape index (κ1) is 26.1. The number of hydrogen-bond acceptors (Lipinski definition) is 6. The number of anilines is 1. The van der Waals surface area contributed by atoms with Crippen molar-refractivity contribution in [3.8, 4) is 0 Å². The molecule has 0 heterocycles. The van der Waals surface area contributed by atoms with Gasteiger partial charge in [0.05, 0.1) is 23.3 Å². The zero-order valence-corrected chi connectivity index (χ0v) is 20.1. The molecule has 0 aliphatic heterocycles. The number of non-ortho nitro benzene ring substituents is 1. The van der Waals surface area contributed by atoms with Gasteiger partial charge in [-0.1, -0.05) is 44.5 Å². The van der Waals surface area contributed by atoms with Gasteiger partial charge in [0.15, 0.2) is 0 Å². The molecular weight excluding hydrogens is 446 g/mol. The summed E-state index contributed by atoms with van der Waals surface area (Å²) >= 11 is 5.94. The average Bonchev–Trinajstić information content (AvgIpc) is 2.79. The number of methoxy groups -OCH3 is 1. The number of rotatable bonds is 11. The smallest absolute Gasteiger partial charge is 0.340 e. The Kier molecular flexibility index (Phi) is 9.66. The van der Waals surface area contributed by atoms with E-state index in [2.05, 4.69) is 5.32 Å². The van der Waals surface area contributed by atoms with Crippen LogP contribution in [0.25, 0.3) is 0 Å². The predicted molar refractivity (Wildman–Crippen MR) is 129 cm³/mol. The first-order valence-corrected chi connectivity index (χ1v) is 11.2. The molecule has 2 aromatic carbocycles. The van der Waals surface area contributed by atoms with Gasteiger partial charge in [-0.15, -0.1) is 0 Å². The molecule has 1 atom stereocenters. The highest BCUT2D eigenvalue weighted by atomic mass is 35.5. The molecule has 0 aliphatic rings. The number of hydrogen-bond donors (Lipinski definition) is 1. The van der Waals surface area contributed by atoms with Crippen LogP contribution < -0.4 is 10.2 Å². The number of esters is 1. The molecule has 2 rings (SSSR count). The summed E-state index contributed by atoms with van der Waals surface area (Å²) in [5.74, 6) is -0.698. The summed E-state index contributed by atoms with van der Waals surface area (Å²) in [6.45, 7) is 6.80. The fourth-order valence-electron chi connectivity index (χ4n) is 3.58. The van der Waals surface area contributed by atoms with Gasteiger partial charge >= 0.3 is 5.97 Å². The summed E-state index contributed by atoms with van der Waals surface area (Å²) in [7, 11) is 1.22. The topological polar surface area (TPSA) is 102 Å². The number of nitro benzene ring substituents is 1. The molecule has 0 saturated heterocycles. The summed E-state index contributed by atoms with van der Waals surface area (Å²) < 4.78 is 4.88. The van der Waals surface area contributed by atoms with E-state index in [1.807, 2.05) is 37.8 Å². The lowest BCUT2D eigenvalue weighted by Crippen LogP contribution is -2.48. The Hall–Kier alpha value is -3.13. The van der Waals surface area contributed by atoms with Crippen LogP contribution in [0.1, 0.15) is 49.5 Å². The molecule has 1 amide bonds. The fraction of sp³-hybridized carbons (Fsp3) is 0.417. The van der Waals surface area contributed by atoms with Crippen LogP contribution in [0.2, 0.25) is 5.02 Å². The molecule has 33 heavy (non-hydrogen) atoms. The average molecular weight is 476 g/mol. The van der Waals surface area contributed by atoms with Crippen molar-refractivity contribution in [3.05, 3.63) is 68.7 Å². The van der Waals surface area contributed by atoms with Crippen LogP contribution in [0.4, 0.5) is 11.4 Å². The molecular formula is C24H30ClN3O5. The second-order valence-electron chi connectivity index (χ2n) is 8.13. The molecule has 0 spiro atoms. The third-order valence-corrected chi connectivity index (χ3v) is 5.38. The number of carbonyl (C=O) groups is 2. The molecule has 0 bridgehead atoms. The van der Waals surface area contributed by atoms with Crippen molar-refractivity contribution >= 4 is 34.9 Å². The van der Waals surface area contributed by atoms with Crippen molar-refractivity contribution in [2.24, 2.45) is 5.92 Å². The van der Waals surface area contributed by atoms with Gasteiger partial charge < -0.3 is 15.0 Å². The predicted octanol–water partition coefficient (Wildman–Crippen LogP) is 4.98. The highest BCUT2D eigenvalue weighted by Gasteiger charge is 2.30. The first-order valence-electron chi connectivity index (χ1n) is 10.8. The summed E-state index contributed by atoms with van der Waals surface area (Å²) in [5.41, 5.74) is 1.17. The van der Waals surface area contributed by atoms with Crippen molar-refractivity contribution in [2.75, 3.05) is 18.6 Å². The lowest BCUT2D eigenvalue weighted by atomic mass is 9.99. The van der Waals surface area contributed by atoms with E-state index in [0.717, 1.165) is 5.56 Å². The van der Waals surface area contributed by atoms with Gasteiger partial charge in [-0.05, 0) is 42.5 Å². The van der Waals surface area contributed by atoms with Crippen molar-refractivity contribution < 1.29 is 19.2 Å². The van der Waals surface area contributed by atoms with Crippen LogP contribution in [0.3, 0.4) is 0 Å². The Morgan fingerprint density at radius 1 is 1.18 bits per heavy atom. The Balaban J connectivity index is 2.43. The lowest BCUT2D eigenvalue weighted by molar-refractivity contribution is -0.384. The Morgan fingerprint density at radius 2 is 1.85 bits per heavy atom. The standard InChI is InChI=1S/C24H30ClN3O5/c1-5-12-27(21-11-10-19(28(31)32)14-20(21)24(30)33-4)22(13-16(2)3)23(29)26-15-17-6-8-18(25)9-7-17/h6-11,14,16,22H,5,12-13,15H2,1-4H3,(H,26,29). The number of nitrogens with zero attached hydrogens (tertiary/aromatic N) is 2. The molecule has 2 aromatic rings. The zero-order valence-electron chi connectivity index (χ0n) is 19.3. The van der Waals surface area contributed by atoms with Crippen molar-refractivity contribution in [1.29, 1.82) is 0 Å². The van der Waals surface area contributed by atoms with E-state index >= 15 is 0 Å². The fourth-order valence-corrected chi connectivity index (χ4v) is 3.70. The van der Waals surface area contributed by atoms with E-state index in [1.165, 1.54) is 25.3 Å². The molecule has 178 valence electrons.